The molecule has 0 saturated heterocycles. The maximum Gasteiger partial charge on any atom is 0.327 e. The number of halogens is 2. The van der Waals surface area contributed by atoms with Gasteiger partial charge in [0.25, 0.3) is 0 Å². The second-order valence-corrected chi connectivity index (χ2v) is 3.76. The number of carbonyl (C=O) groups excluding carboxylic acids is 1. The molecule has 19 heavy (non-hydrogen) atoms. The Morgan fingerprint density at radius 3 is 2.68 bits per heavy atom. The number of carboxylic acid groups (broad SMARTS) is 1. The van der Waals surface area contributed by atoms with Crippen LogP contribution in [0.5, 0.6) is 0 Å². The Kier molecular flexibility index (Phi) is 5.01. The number of hydrogen-bond acceptors (Lipinski definition) is 2. The zero-order valence-corrected chi connectivity index (χ0v) is 9.82. The van der Waals surface area contributed by atoms with Crippen LogP contribution in [0.25, 0.3) is 0 Å². The highest BCUT2D eigenvalue weighted by Crippen LogP contribution is 2.11. The summed E-state index contributed by atoms with van der Waals surface area (Å²) in [4.78, 5) is 22.3. The van der Waals surface area contributed by atoms with Crippen LogP contribution in [0.1, 0.15) is 12.0 Å². The predicted octanol–water partition coefficient (Wildman–Crippen LogP) is 1.10. The first kappa shape index (κ1) is 14.6. The molecule has 0 bridgehead atoms. The molecule has 0 aromatic heterocycles. The summed E-state index contributed by atoms with van der Waals surface area (Å²) in [6.07, 6.45) is 4.32. The lowest BCUT2D eigenvalue weighted by molar-refractivity contribution is -0.141. The smallest absolute Gasteiger partial charge is 0.327 e. The molecular formula is C13H11F2NO3. The molecule has 1 aromatic carbocycles. The number of aliphatic carboxylic acids is 1. The van der Waals surface area contributed by atoms with E-state index >= 15 is 0 Å². The SMILES string of the molecule is C#CCC(NC(=O)Cc1cccc(F)c1F)C(=O)O. The minimum atomic E-state index is -1.29. The van der Waals surface area contributed by atoms with Crippen molar-refractivity contribution in [2.24, 2.45) is 0 Å². The van der Waals surface area contributed by atoms with Gasteiger partial charge in [-0.05, 0) is 6.07 Å². The molecule has 1 rings (SSSR count). The van der Waals surface area contributed by atoms with Crippen molar-refractivity contribution in [2.75, 3.05) is 0 Å². The summed E-state index contributed by atoms with van der Waals surface area (Å²) in [5.74, 6) is -2.11. The summed E-state index contributed by atoms with van der Waals surface area (Å²) >= 11 is 0. The lowest BCUT2D eigenvalue weighted by atomic mass is 10.1. The number of benzene rings is 1. The van der Waals surface area contributed by atoms with Gasteiger partial charge in [-0.2, -0.15) is 0 Å². The molecule has 100 valence electrons. The van der Waals surface area contributed by atoms with Crippen LogP contribution >= 0.6 is 0 Å². The molecule has 0 saturated carbocycles. The highest BCUT2D eigenvalue weighted by Gasteiger charge is 2.20. The topological polar surface area (TPSA) is 66.4 Å². The fraction of sp³-hybridized carbons (Fsp3) is 0.231. The van der Waals surface area contributed by atoms with Crippen molar-refractivity contribution in [2.45, 2.75) is 18.9 Å². The quantitative estimate of drug-likeness (QED) is 0.785. The predicted molar refractivity (Wildman–Crippen MR) is 63.1 cm³/mol. The van der Waals surface area contributed by atoms with E-state index in [1.54, 1.807) is 0 Å². The van der Waals surface area contributed by atoms with E-state index in [1.165, 1.54) is 12.1 Å². The number of carboxylic acids is 1. The fourth-order valence-electron chi connectivity index (χ4n) is 1.42. The molecule has 4 nitrogen and oxygen atoms in total. The normalized spacial score (nSPS) is 11.4. The number of terminal acetylenes is 1. The van der Waals surface area contributed by atoms with Gasteiger partial charge in [0, 0.05) is 12.0 Å². The lowest BCUT2D eigenvalue weighted by Crippen LogP contribution is -2.41. The number of hydrogen-bond donors (Lipinski definition) is 2. The van der Waals surface area contributed by atoms with E-state index in [2.05, 4.69) is 11.2 Å². The molecule has 2 N–H and O–H groups in total. The van der Waals surface area contributed by atoms with Gasteiger partial charge in [-0.15, -0.1) is 12.3 Å². The van der Waals surface area contributed by atoms with Gasteiger partial charge >= 0.3 is 5.97 Å². The Bertz CT molecular complexity index is 537. The van der Waals surface area contributed by atoms with Crippen molar-refractivity contribution in [1.82, 2.24) is 5.32 Å². The molecule has 0 aliphatic rings. The molecule has 0 spiro atoms. The number of nitrogens with one attached hydrogen (secondary N) is 1. The summed E-state index contributed by atoms with van der Waals surface area (Å²) in [6.45, 7) is 0. The third-order valence-electron chi connectivity index (χ3n) is 2.34. The van der Waals surface area contributed by atoms with Crippen LogP contribution in [0.15, 0.2) is 18.2 Å². The van der Waals surface area contributed by atoms with Crippen LogP contribution in [-0.2, 0) is 16.0 Å². The Morgan fingerprint density at radius 2 is 2.11 bits per heavy atom. The summed E-state index contributed by atoms with van der Waals surface area (Å²) in [5, 5.41) is 10.9. The maximum absolute atomic E-state index is 13.3. The Balaban J connectivity index is 2.72. The monoisotopic (exact) mass is 267 g/mol. The van der Waals surface area contributed by atoms with Crippen molar-refractivity contribution < 1.29 is 23.5 Å². The zero-order valence-electron chi connectivity index (χ0n) is 9.82. The molecule has 0 aliphatic heterocycles. The summed E-state index contributed by atoms with van der Waals surface area (Å²) in [7, 11) is 0. The molecule has 1 aromatic rings. The van der Waals surface area contributed by atoms with Gasteiger partial charge in [-0.25, -0.2) is 13.6 Å². The molecule has 0 radical (unpaired) electrons. The van der Waals surface area contributed by atoms with Crippen LogP contribution in [0.2, 0.25) is 0 Å². The fourth-order valence-corrected chi connectivity index (χ4v) is 1.42. The van der Waals surface area contributed by atoms with Crippen LogP contribution in [0, 0.1) is 24.0 Å². The van der Waals surface area contributed by atoms with E-state index < -0.39 is 36.0 Å². The third kappa shape index (κ3) is 4.07. The lowest BCUT2D eigenvalue weighted by Gasteiger charge is -2.12. The van der Waals surface area contributed by atoms with E-state index in [1.807, 2.05) is 0 Å². The summed E-state index contributed by atoms with van der Waals surface area (Å²) in [6, 6.07) is 2.19. The average Bonchev–Trinajstić information content (AvgIpc) is 2.34. The molecule has 6 heteroatoms. The van der Waals surface area contributed by atoms with Gasteiger partial charge in [0.05, 0.1) is 6.42 Å². The van der Waals surface area contributed by atoms with Gasteiger partial charge in [-0.1, -0.05) is 12.1 Å². The van der Waals surface area contributed by atoms with Crippen molar-refractivity contribution in [3.8, 4) is 12.3 Å². The highest BCUT2D eigenvalue weighted by atomic mass is 19.2. The van der Waals surface area contributed by atoms with Crippen LogP contribution in [0.4, 0.5) is 8.78 Å². The summed E-state index contributed by atoms with van der Waals surface area (Å²) < 4.78 is 26.2. The summed E-state index contributed by atoms with van der Waals surface area (Å²) in [5.41, 5.74) is -0.151. The van der Waals surface area contributed by atoms with Gasteiger partial charge in [0.2, 0.25) is 5.91 Å². The number of rotatable bonds is 5. The van der Waals surface area contributed by atoms with Crippen LogP contribution < -0.4 is 5.32 Å². The van der Waals surface area contributed by atoms with E-state index in [-0.39, 0.29) is 12.0 Å². The Labute approximate surface area is 108 Å². The largest absolute Gasteiger partial charge is 0.480 e. The van der Waals surface area contributed by atoms with Crippen molar-refractivity contribution in [3.05, 3.63) is 35.4 Å². The van der Waals surface area contributed by atoms with Crippen molar-refractivity contribution in [1.29, 1.82) is 0 Å². The van der Waals surface area contributed by atoms with Crippen LogP contribution in [-0.4, -0.2) is 23.0 Å². The second kappa shape index (κ2) is 6.50. The Hall–Kier alpha value is -2.42. The van der Waals surface area contributed by atoms with Gasteiger partial charge in [0.1, 0.15) is 6.04 Å². The van der Waals surface area contributed by atoms with Crippen molar-refractivity contribution >= 4 is 11.9 Å². The molecule has 1 atom stereocenters. The third-order valence-corrected chi connectivity index (χ3v) is 2.34. The maximum atomic E-state index is 13.3. The Morgan fingerprint density at radius 1 is 1.42 bits per heavy atom. The van der Waals surface area contributed by atoms with Gasteiger partial charge < -0.3 is 10.4 Å². The molecule has 1 amide bonds. The minimum absolute atomic E-state index is 0.151. The standard InChI is InChI=1S/C13H11F2NO3/c1-2-4-10(13(18)19)16-11(17)7-8-5-3-6-9(14)12(8)15/h1,3,5-6,10H,4,7H2,(H,16,17)(H,18,19). The zero-order chi connectivity index (χ0) is 14.4. The molecule has 0 aliphatic carbocycles. The number of amides is 1. The average molecular weight is 267 g/mol. The molecule has 0 fully saturated rings. The van der Waals surface area contributed by atoms with E-state index in [0.29, 0.717) is 0 Å². The van der Waals surface area contributed by atoms with E-state index in [9.17, 15) is 18.4 Å². The molecular weight excluding hydrogens is 256 g/mol. The first-order chi connectivity index (χ1) is 8.95. The molecule has 0 heterocycles. The van der Waals surface area contributed by atoms with E-state index in [0.717, 1.165) is 6.07 Å². The van der Waals surface area contributed by atoms with Crippen molar-refractivity contribution in [3.63, 3.8) is 0 Å². The molecule has 1 unspecified atom stereocenters. The van der Waals surface area contributed by atoms with Gasteiger partial charge in [-0.3, -0.25) is 4.79 Å². The van der Waals surface area contributed by atoms with Crippen LogP contribution in [0.3, 0.4) is 0 Å². The number of carbonyl (C=O) groups is 2. The first-order valence-electron chi connectivity index (χ1n) is 5.34. The van der Waals surface area contributed by atoms with E-state index in [4.69, 9.17) is 11.5 Å². The second-order valence-electron chi connectivity index (χ2n) is 3.76. The minimum Gasteiger partial charge on any atom is -0.480 e. The highest BCUT2D eigenvalue weighted by molar-refractivity contribution is 5.85. The first-order valence-corrected chi connectivity index (χ1v) is 5.34. The van der Waals surface area contributed by atoms with Gasteiger partial charge in [0.15, 0.2) is 11.6 Å².